The standard InChI is InChI=1S/C25H28FNO6S/c1-3-27(4-2)11-5-6-16-12-19(26)8-10-22(16)34(30,31)15-17-7-9-20-21-13-18(21)14-32-24(20)23(17)33-25(28)29/h5-10,12,18,21H,3-4,11,13-15H2,1-2H3,(H,28,29)/b6-5-/t18-,21-/m1/s1. The molecule has 0 bridgehead atoms. The van der Waals surface area contributed by atoms with Crippen LogP contribution in [0, 0.1) is 11.7 Å². The monoisotopic (exact) mass is 489 g/mol. The normalized spacial score (nSPS) is 18.9. The summed E-state index contributed by atoms with van der Waals surface area (Å²) in [7, 11) is -3.97. The fraction of sp³-hybridized carbons (Fsp3) is 0.400. The number of fused-ring (bicyclic) bond motifs is 3. The maximum absolute atomic E-state index is 14.0. The third-order valence-electron chi connectivity index (χ3n) is 6.39. The molecule has 1 saturated carbocycles. The number of carboxylic acid groups (broad SMARTS) is 1. The van der Waals surface area contributed by atoms with E-state index in [1.54, 1.807) is 24.3 Å². The molecule has 0 spiro atoms. The van der Waals surface area contributed by atoms with Crippen molar-refractivity contribution in [2.75, 3.05) is 26.2 Å². The van der Waals surface area contributed by atoms with Gasteiger partial charge in [0, 0.05) is 23.6 Å². The lowest BCUT2D eigenvalue weighted by Crippen LogP contribution is -2.22. The van der Waals surface area contributed by atoms with Crippen LogP contribution in [0.3, 0.4) is 0 Å². The van der Waals surface area contributed by atoms with Crippen molar-refractivity contribution in [3.05, 3.63) is 58.9 Å². The average molecular weight is 490 g/mol. The van der Waals surface area contributed by atoms with Gasteiger partial charge < -0.3 is 19.5 Å². The van der Waals surface area contributed by atoms with E-state index in [-0.39, 0.29) is 27.7 Å². The van der Waals surface area contributed by atoms with E-state index in [4.69, 9.17) is 9.47 Å². The number of halogens is 1. The molecule has 0 radical (unpaired) electrons. The number of ether oxygens (including phenoxy) is 2. The van der Waals surface area contributed by atoms with E-state index in [0.29, 0.717) is 24.8 Å². The summed E-state index contributed by atoms with van der Waals surface area (Å²) in [6.07, 6.45) is 2.82. The van der Waals surface area contributed by atoms with Crippen LogP contribution in [0.4, 0.5) is 9.18 Å². The third kappa shape index (κ3) is 5.10. The molecule has 182 valence electrons. The van der Waals surface area contributed by atoms with Crippen LogP contribution in [0.1, 0.15) is 42.9 Å². The molecule has 0 unspecified atom stereocenters. The van der Waals surface area contributed by atoms with Gasteiger partial charge in [0.25, 0.3) is 0 Å². The second-order valence-corrected chi connectivity index (χ2v) is 10.5. The van der Waals surface area contributed by atoms with Gasteiger partial charge in [-0.3, -0.25) is 0 Å². The Hall–Kier alpha value is -2.91. The summed E-state index contributed by atoms with van der Waals surface area (Å²) in [4.78, 5) is 13.5. The summed E-state index contributed by atoms with van der Waals surface area (Å²) >= 11 is 0. The average Bonchev–Trinajstić information content (AvgIpc) is 3.58. The van der Waals surface area contributed by atoms with E-state index >= 15 is 0 Å². The molecule has 0 saturated heterocycles. The highest BCUT2D eigenvalue weighted by molar-refractivity contribution is 7.90. The quantitative estimate of drug-likeness (QED) is 0.310. The van der Waals surface area contributed by atoms with Crippen LogP contribution in [0.2, 0.25) is 0 Å². The van der Waals surface area contributed by atoms with Gasteiger partial charge in [-0.15, -0.1) is 0 Å². The second kappa shape index (κ2) is 9.76. The number of likely N-dealkylation sites (N-methyl/N-ethyl adjacent to an activating group) is 1. The van der Waals surface area contributed by atoms with Gasteiger partial charge in [-0.1, -0.05) is 38.1 Å². The van der Waals surface area contributed by atoms with E-state index in [1.807, 2.05) is 13.8 Å². The first-order chi connectivity index (χ1) is 16.2. The lowest BCUT2D eigenvalue weighted by Gasteiger charge is -2.21. The summed E-state index contributed by atoms with van der Waals surface area (Å²) in [6.45, 7) is 6.77. The van der Waals surface area contributed by atoms with Crippen LogP contribution in [-0.4, -0.2) is 50.8 Å². The van der Waals surface area contributed by atoms with Crippen LogP contribution in [0.15, 0.2) is 41.3 Å². The molecule has 34 heavy (non-hydrogen) atoms. The molecule has 7 nitrogen and oxygen atoms in total. The molecular formula is C25H28FNO6S. The summed E-state index contributed by atoms with van der Waals surface area (Å²) in [5.41, 5.74) is 1.26. The lowest BCUT2D eigenvalue weighted by atomic mass is 10.0. The van der Waals surface area contributed by atoms with Gasteiger partial charge in [0.1, 0.15) is 5.82 Å². The van der Waals surface area contributed by atoms with E-state index in [0.717, 1.165) is 31.1 Å². The number of sulfone groups is 1. The molecule has 9 heteroatoms. The van der Waals surface area contributed by atoms with Crippen molar-refractivity contribution in [1.29, 1.82) is 0 Å². The van der Waals surface area contributed by atoms with E-state index in [9.17, 15) is 22.7 Å². The first kappa shape index (κ1) is 24.2. The van der Waals surface area contributed by atoms with Crippen LogP contribution in [-0.2, 0) is 15.6 Å². The molecule has 4 rings (SSSR count). The van der Waals surface area contributed by atoms with Crippen molar-refractivity contribution in [2.45, 2.75) is 36.8 Å². The Balaban J connectivity index is 1.67. The number of hydrogen-bond donors (Lipinski definition) is 1. The number of rotatable bonds is 9. The lowest BCUT2D eigenvalue weighted by molar-refractivity contribution is 0.141. The van der Waals surface area contributed by atoms with E-state index < -0.39 is 27.6 Å². The van der Waals surface area contributed by atoms with Crippen molar-refractivity contribution in [3.63, 3.8) is 0 Å². The smallest absolute Gasteiger partial charge is 0.489 e. The Bertz CT molecular complexity index is 1220. The third-order valence-corrected chi connectivity index (χ3v) is 8.12. The molecule has 1 N–H and O–H groups in total. The van der Waals surface area contributed by atoms with Crippen LogP contribution >= 0.6 is 0 Å². The molecule has 1 fully saturated rings. The van der Waals surface area contributed by atoms with Gasteiger partial charge >= 0.3 is 6.16 Å². The molecule has 1 aliphatic heterocycles. The fourth-order valence-corrected chi connectivity index (χ4v) is 5.95. The van der Waals surface area contributed by atoms with Gasteiger partial charge in [-0.25, -0.2) is 17.6 Å². The Morgan fingerprint density at radius 3 is 2.74 bits per heavy atom. The van der Waals surface area contributed by atoms with Crippen LogP contribution in [0.5, 0.6) is 11.5 Å². The number of benzene rings is 2. The highest BCUT2D eigenvalue weighted by Gasteiger charge is 2.45. The summed E-state index contributed by atoms with van der Waals surface area (Å²) in [5, 5.41) is 9.26. The van der Waals surface area contributed by atoms with E-state index in [1.165, 1.54) is 12.1 Å². The maximum Gasteiger partial charge on any atom is 0.511 e. The summed E-state index contributed by atoms with van der Waals surface area (Å²) in [5.74, 6) is -0.151. The Morgan fingerprint density at radius 1 is 1.26 bits per heavy atom. The van der Waals surface area contributed by atoms with E-state index in [2.05, 4.69) is 4.90 Å². The van der Waals surface area contributed by atoms with Crippen molar-refractivity contribution in [1.82, 2.24) is 4.90 Å². The predicted octanol–water partition coefficient (Wildman–Crippen LogP) is 4.71. The van der Waals surface area contributed by atoms with Gasteiger partial charge in [0.2, 0.25) is 0 Å². The zero-order valence-electron chi connectivity index (χ0n) is 19.2. The number of hydrogen-bond acceptors (Lipinski definition) is 6. The highest BCUT2D eigenvalue weighted by Crippen LogP contribution is 2.56. The molecule has 2 aliphatic rings. The fourth-order valence-electron chi connectivity index (χ4n) is 4.40. The molecule has 2 atom stereocenters. The summed E-state index contributed by atoms with van der Waals surface area (Å²) in [6, 6.07) is 6.89. The maximum atomic E-state index is 14.0. The van der Waals surface area contributed by atoms with Crippen LogP contribution in [0.25, 0.3) is 6.08 Å². The zero-order valence-corrected chi connectivity index (χ0v) is 20.0. The highest BCUT2D eigenvalue weighted by atomic mass is 32.2. The first-order valence-corrected chi connectivity index (χ1v) is 13.0. The predicted molar refractivity (Wildman–Crippen MR) is 126 cm³/mol. The van der Waals surface area contributed by atoms with Crippen molar-refractivity contribution >= 4 is 22.1 Å². The minimum atomic E-state index is -3.97. The van der Waals surface area contributed by atoms with Crippen LogP contribution < -0.4 is 9.47 Å². The first-order valence-electron chi connectivity index (χ1n) is 11.3. The summed E-state index contributed by atoms with van der Waals surface area (Å²) < 4.78 is 51.6. The molecule has 1 aliphatic carbocycles. The molecule has 1 heterocycles. The van der Waals surface area contributed by atoms with Crippen molar-refractivity contribution < 1.29 is 32.2 Å². The molecule has 0 aromatic heterocycles. The molecule has 2 aromatic carbocycles. The Kier molecular flexibility index (Phi) is 6.95. The minimum Gasteiger partial charge on any atom is -0.489 e. The second-order valence-electron chi connectivity index (χ2n) is 8.58. The molecule has 2 aromatic rings. The topological polar surface area (TPSA) is 93.1 Å². The number of carbonyl (C=O) groups is 1. The zero-order chi connectivity index (χ0) is 24.5. The minimum absolute atomic E-state index is 0.0353. The van der Waals surface area contributed by atoms with Gasteiger partial charge in [-0.2, -0.15) is 0 Å². The SMILES string of the molecule is CCN(CC)C/C=C\c1cc(F)ccc1S(=O)(=O)Cc1ccc2c(c1OC(=O)O)OC[C@H]1C[C@@H]21. The van der Waals surface area contributed by atoms with Gasteiger partial charge in [0.05, 0.1) is 17.3 Å². The Morgan fingerprint density at radius 2 is 2.03 bits per heavy atom. The number of nitrogens with zero attached hydrogens (tertiary/aromatic N) is 1. The van der Waals surface area contributed by atoms with Gasteiger partial charge in [0.15, 0.2) is 21.3 Å². The van der Waals surface area contributed by atoms with Crippen molar-refractivity contribution in [2.24, 2.45) is 5.92 Å². The van der Waals surface area contributed by atoms with Crippen molar-refractivity contribution in [3.8, 4) is 11.5 Å². The molecular weight excluding hydrogens is 461 g/mol. The Labute approximate surface area is 198 Å². The largest absolute Gasteiger partial charge is 0.511 e. The molecule has 0 amide bonds. The van der Waals surface area contributed by atoms with Gasteiger partial charge in [-0.05, 0) is 49.2 Å².